The van der Waals surface area contributed by atoms with E-state index in [1.807, 2.05) is 30.9 Å². The molecule has 0 atom stereocenters. The molecular weight excluding hydrogens is 358 g/mol. The molecule has 1 aliphatic rings. The number of hydrogen-bond acceptors (Lipinski definition) is 3. The lowest BCUT2D eigenvalue weighted by molar-refractivity contribution is 0.0773. The Balaban J connectivity index is 1.83. The molecule has 0 unspecified atom stereocenters. The van der Waals surface area contributed by atoms with Crippen molar-refractivity contribution in [1.29, 1.82) is 0 Å². The third-order valence-electron chi connectivity index (χ3n) is 5.94. The molecular formula is C25H35N3O. The molecule has 0 aromatic heterocycles. The van der Waals surface area contributed by atoms with Gasteiger partial charge in [0.25, 0.3) is 5.91 Å². The van der Waals surface area contributed by atoms with Gasteiger partial charge >= 0.3 is 0 Å². The van der Waals surface area contributed by atoms with E-state index in [1.165, 1.54) is 24.3 Å². The molecule has 2 aromatic rings. The number of amides is 1. The lowest BCUT2D eigenvalue weighted by Crippen LogP contribution is -2.43. The molecule has 1 fully saturated rings. The van der Waals surface area contributed by atoms with Crippen molar-refractivity contribution in [3.05, 3.63) is 60.2 Å². The van der Waals surface area contributed by atoms with E-state index in [1.54, 1.807) is 0 Å². The van der Waals surface area contributed by atoms with E-state index in [0.717, 1.165) is 44.6 Å². The van der Waals surface area contributed by atoms with Gasteiger partial charge in [-0.05, 0) is 76.1 Å². The first kappa shape index (κ1) is 21.4. The maximum atomic E-state index is 12.7. The summed E-state index contributed by atoms with van der Waals surface area (Å²) in [6, 6.07) is 19.3. The predicted molar refractivity (Wildman–Crippen MR) is 122 cm³/mol. The Hall–Kier alpha value is -2.33. The van der Waals surface area contributed by atoms with Crippen LogP contribution in [0.15, 0.2) is 54.6 Å². The minimum Gasteiger partial charge on any atom is -0.339 e. The second kappa shape index (κ2) is 10.4. The molecule has 3 rings (SSSR count). The average molecular weight is 394 g/mol. The first-order valence-corrected chi connectivity index (χ1v) is 11.1. The molecule has 1 heterocycles. The van der Waals surface area contributed by atoms with Crippen molar-refractivity contribution < 1.29 is 4.79 Å². The Labute approximate surface area is 176 Å². The van der Waals surface area contributed by atoms with Crippen molar-refractivity contribution in [3.63, 3.8) is 0 Å². The highest BCUT2D eigenvalue weighted by atomic mass is 16.2. The highest BCUT2D eigenvalue weighted by Gasteiger charge is 2.26. The zero-order valence-electron chi connectivity index (χ0n) is 18.2. The molecule has 0 saturated carbocycles. The monoisotopic (exact) mass is 393 g/mol. The molecule has 0 radical (unpaired) electrons. The van der Waals surface area contributed by atoms with Gasteiger partial charge in [0.2, 0.25) is 0 Å². The smallest absolute Gasteiger partial charge is 0.253 e. The summed E-state index contributed by atoms with van der Waals surface area (Å²) in [5, 5.41) is 0. The summed E-state index contributed by atoms with van der Waals surface area (Å²) < 4.78 is 0. The van der Waals surface area contributed by atoms with Gasteiger partial charge in [-0.25, -0.2) is 0 Å². The van der Waals surface area contributed by atoms with Gasteiger partial charge in [-0.1, -0.05) is 25.1 Å². The van der Waals surface area contributed by atoms with E-state index in [2.05, 4.69) is 59.2 Å². The largest absolute Gasteiger partial charge is 0.339 e. The maximum absolute atomic E-state index is 12.7. The van der Waals surface area contributed by atoms with Crippen LogP contribution in [0.4, 0.5) is 11.4 Å². The van der Waals surface area contributed by atoms with Crippen LogP contribution in [0.25, 0.3) is 0 Å². The maximum Gasteiger partial charge on any atom is 0.253 e. The molecule has 156 valence electrons. The third-order valence-corrected chi connectivity index (χ3v) is 5.94. The number of likely N-dealkylation sites (tertiary alicyclic amines) is 1. The molecule has 1 aliphatic heterocycles. The molecule has 0 N–H and O–H groups in total. The highest BCUT2D eigenvalue weighted by molar-refractivity contribution is 5.94. The Kier molecular flexibility index (Phi) is 7.70. The molecule has 4 nitrogen and oxygen atoms in total. The molecule has 29 heavy (non-hydrogen) atoms. The Morgan fingerprint density at radius 2 is 1.48 bits per heavy atom. The number of rotatable bonds is 8. The lowest BCUT2D eigenvalue weighted by Gasteiger charge is -2.40. The summed E-state index contributed by atoms with van der Waals surface area (Å²) in [7, 11) is 0. The van der Waals surface area contributed by atoms with Crippen molar-refractivity contribution in [2.45, 2.75) is 46.1 Å². The minimum absolute atomic E-state index is 0.112. The van der Waals surface area contributed by atoms with Gasteiger partial charge in [-0.2, -0.15) is 0 Å². The molecule has 2 aromatic carbocycles. The van der Waals surface area contributed by atoms with Crippen LogP contribution in [0, 0.1) is 0 Å². The molecule has 0 spiro atoms. The summed E-state index contributed by atoms with van der Waals surface area (Å²) >= 11 is 0. The van der Waals surface area contributed by atoms with Crippen LogP contribution in [0.3, 0.4) is 0 Å². The minimum atomic E-state index is 0.112. The van der Waals surface area contributed by atoms with E-state index in [9.17, 15) is 4.79 Å². The number of piperidine rings is 1. The van der Waals surface area contributed by atoms with Crippen LogP contribution in [0.1, 0.15) is 50.4 Å². The Morgan fingerprint density at radius 3 is 2.03 bits per heavy atom. The number of carbonyl (C=O) groups excluding carboxylic acids is 1. The Bertz CT molecular complexity index is 747. The van der Waals surface area contributed by atoms with E-state index in [-0.39, 0.29) is 5.91 Å². The van der Waals surface area contributed by atoms with Crippen LogP contribution in [0.5, 0.6) is 0 Å². The van der Waals surface area contributed by atoms with Crippen LogP contribution >= 0.6 is 0 Å². The van der Waals surface area contributed by atoms with Gasteiger partial charge in [0.15, 0.2) is 0 Å². The number of hydrogen-bond donors (Lipinski definition) is 0. The topological polar surface area (TPSA) is 26.8 Å². The summed E-state index contributed by atoms with van der Waals surface area (Å²) in [5.41, 5.74) is 3.16. The second-order valence-corrected chi connectivity index (χ2v) is 7.80. The van der Waals surface area contributed by atoms with Crippen molar-refractivity contribution in [3.8, 4) is 0 Å². The SMILES string of the molecule is CCCN1CCC(N(c2ccccc2)c2ccc(C(=O)N(CC)CC)cc2)CC1. The van der Waals surface area contributed by atoms with E-state index >= 15 is 0 Å². The number of anilines is 2. The zero-order valence-corrected chi connectivity index (χ0v) is 18.2. The summed E-state index contributed by atoms with van der Waals surface area (Å²) in [6.07, 6.45) is 3.54. The van der Waals surface area contributed by atoms with Crippen LogP contribution < -0.4 is 4.90 Å². The van der Waals surface area contributed by atoms with Gasteiger partial charge in [-0.3, -0.25) is 4.79 Å². The first-order valence-electron chi connectivity index (χ1n) is 11.1. The second-order valence-electron chi connectivity index (χ2n) is 7.80. The van der Waals surface area contributed by atoms with Gasteiger partial charge in [0.1, 0.15) is 0 Å². The van der Waals surface area contributed by atoms with Gasteiger partial charge in [0, 0.05) is 49.2 Å². The highest BCUT2D eigenvalue weighted by Crippen LogP contribution is 2.32. The fraction of sp³-hybridized carbons (Fsp3) is 0.480. The van der Waals surface area contributed by atoms with Crippen LogP contribution in [-0.4, -0.2) is 54.5 Å². The fourth-order valence-corrected chi connectivity index (χ4v) is 4.33. The summed E-state index contributed by atoms with van der Waals surface area (Å²) in [6.45, 7) is 11.3. The van der Waals surface area contributed by atoms with Crippen LogP contribution in [-0.2, 0) is 0 Å². The van der Waals surface area contributed by atoms with Crippen LogP contribution in [0.2, 0.25) is 0 Å². The lowest BCUT2D eigenvalue weighted by atomic mass is 10.0. The third kappa shape index (κ3) is 5.18. The van der Waals surface area contributed by atoms with E-state index in [4.69, 9.17) is 0 Å². The molecule has 4 heteroatoms. The number of nitrogens with zero attached hydrogens (tertiary/aromatic N) is 3. The Morgan fingerprint density at radius 1 is 0.897 bits per heavy atom. The number of para-hydroxylation sites is 1. The molecule has 0 aliphatic carbocycles. The fourth-order valence-electron chi connectivity index (χ4n) is 4.33. The van der Waals surface area contributed by atoms with Gasteiger partial charge in [-0.15, -0.1) is 0 Å². The standard InChI is InChI=1S/C25H35N3O/c1-4-18-26-19-16-24(17-20-26)28(22-10-8-7-9-11-22)23-14-12-21(13-15-23)25(29)27(5-2)6-3/h7-15,24H,4-6,16-20H2,1-3H3. The molecule has 0 bridgehead atoms. The van der Waals surface area contributed by atoms with E-state index < -0.39 is 0 Å². The normalized spacial score (nSPS) is 15.3. The summed E-state index contributed by atoms with van der Waals surface area (Å²) in [4.78, 5) is 19.6. The number of carbonyl (C=O) groups is 1. The average Bonchev–Trinajstić information content (AvgIpc) is 2.77. The zero-order chi connectivity index (χ0) is 20.6. The quantitative estimate of drug-likeness (QED) is 0.618. The van der Waals surface area contributed by atoms with Crippen molar-refractivity contribution >= 4 is 17.3 Å². The van der Waals surface area contributed by atoms with Crippen molar-refractivity contribution in [1.82, 2.24) is 9.80 Å². The first-order chi connectivity index (χ1) is 14.2. The van der Waals surface area contributed by atoms with Crippen molar-refractivity contribution in [2.75, 3.05) is 37.6 Å². The van der Waals surface area contributed by atoms with Crippen molar-refractivity contribution in [2.24, 2.45) is 0 Å². The van der Waals surface area contributed by atoms with Gasteiger partial charge < -0.3 is 14.7 Å². The summed E-state index contributed by atoms with van der Waals surface area (Å²) in [5.74, 6) is 0.112. The molecule has 1 saturated heterocycles. The molecule has 1 amide bonds. The predicted octanol–water partition coefficient (Wildman–Crippen LogP) is 5.18. The van der Waals surface area contributed by atoms with E-state index in [0.29, 0.717) is 6.04 Å². The van der Waals surface area contributed by atoms with Gasteiger partial charge in [0.05, 0.1) is 0 Å². The number of benzene rings is 2.